The summed E-state index contributed by atoms with van der Waals surface area (Å²) in [5.41, 5.74) is 2.45. The molecule has 0 fully saturated rings. The van der Waals surface area contributed by atoms with Gasteiger partial charge in [0.15, 0.2) is 0 Å². The monoisotopic (exact) mass is 354 g/mol. The van der Waals surface area contributed by atoms with Crippen LogP contribution in [0.25, 0.3) is 0 Å². The third-order valence-corrected chi connectivity index (χ3v) is 4.31. The number of aromatic nitrogens is 2. The highest BCUT2D eigenvalue weighted by Gasteiger charge is 2.12. The summed E-state index contributed by atoms with van der Waals surface area (Å²) in [6, 6.07) is 11.0. The first-order valence-corrected chi connectivity index (χ1v) is 8.25. The summed E-state index contributed by atoms with van der Waals surface area (Å²) in [5.74, 6) is 1.08. The average Bonchev–Trinajstić information content (AvgIpc) is 2.89. The van der Waals surface area contributed by atoms with E-state index in [1.54, 1.807) is 0 Å². The van der Waals surface area contributed by atoms with Gasteiger partial charge in [-0.05, 0) is 56.4 Å². The molecule has 4 heteroatoms. The standard InChI is InChI=1S/C16H20BrClN2/c1-12(2)20-8-7-16(19-20)10-14(11-18)9-13-3-5-15(17)6-4-13/h3-8,12,14H,9-11H2,1-2H3. The Morgan fingerprint density at radius 1 is 1.15 bits per heavy atom. The first kappa shape index (κ1) is 15.6. The van der Waals surface area contributed by atoms with E-state index in [0.29, 0.717) is 17.8 Å². The van der Waals surface area contributed by atoms with Crippen LogP contribution in [0.2, 0.25) is 0 Å². The Hall–Kier alpha value is -0.800. The van der Waals surface area contributed by atoms with E-state index in [1.165, 1.54) is 5.56 Å². The molecular weight excluding hydrogens is 336 g/mol. The van der Waals surface area contributed by atoms with E-state index in [-0.39, 0.29) is 0 Å². The number of hydrogen-bond acceptors (Lipinski definition) is 1. The summed E-state index contributed by atoms with van der Waals surface area (Å²) in [6.07, 6.45) is 3.97. The number of nitrogens with zero attached hydrogens (tertiary/aromatic N) is 2. The van der Waals surface area contributed by atoms with Crippen molar-refractivity contribution in [1.82, 2.24) is 9.78 Å². The molecule has 2 nitrogen and oxygen atoms in total. The van der Waals surface area contributed by atoms with Crippen LogP contribution in [-0.2, 0) is 12.8 Å². The van der Waals surface area contributed by atoms with Gasteiger partial charge in [-0.1, -0.05) is 28.1 Å². The minimum absolute atomic E-state index is 0.407. The lowest BCUT2D eigenvalue weighted by atomic mass is 9.96. The highest BCUT2D eigenvalue weighted by atomic mass is 79.9. The minimum Gasteiger partial charge on any atom is -0.270 e. The molecule has 0 radical (unpaired) electrons. The van der Waals surface area contributed by atoms with Gasteiger partial charge in [-0.25, -0.2) is 0 Å². The zero-order valence-corrected chi connectivity index (χ0v) is 14.2. The Labute approximate surface area is 134 Å². The molecule has 0 amide bonds. The van der Waals surface area contributed by atoms with Gasteiger partial charge in [0.05, 0.1) is 5.69 Å². The molecule has 1 aromatic heterocycles. The van der Waals surface area contributed by atoms with E-state index in [9.17, 15) is 0 Å². The SMILES string of the molecule is CC(C)n1ccc(CC(CCl)Cc2ccc(Br)cc2)n1. The molecule has 1 unspecified atom stereocenters. The predicted molar refractivity (Wildman–Crippen MR) is 88.4 cm³/mol. The third-order valence-electron chi connectivity index (χ3n) is 3.35. The van der Waals surface area contributed by atoms with Gasteiger partial charge >= 0.3 is 0 Å². The van der Waals surface area contributed by atoms with Gasteiger partial charge in [0, 0.05) is 22.6 Å². The molecule has 0 spiro atoms. The number of hydrogen-bond donors (Lipinski definition) is 0. The van der Waals surface area contributed by atoms with E-state index in [2.05, 4.69) is 65.2 Å². The second-order valence-electron chi connectivity index (χ2n) is 5.44. The van der Waals surface area contributed by atoms with Crippen molar-refractivity contribution < 1.29 is 0 Å². The lowest BCUT2D eigenvalue weighted by molar-refractivity contribution is 0.511. The largest absolute Gasteiger partial charge is 0.270 e. The molecule has 0 aliphatic heterocycles. The fraction of sp³-hybridized carbons (Fsp3) is 0.438. The van der Waals surface area contributed by atoms with E-state index < -0.39 is 0 Å². The molecule has 1 heterocycles. The Morgan fingerprint density at radius 2 is 1.85 bits per heavy atom. The van der Waals surface area contributed by atoms with Crippen molar-refractivity contribution in [3.05, 3.63) is 52.3 Å². The Bertz CT molecular complexity index is 534. The van der Waals surface area contributed by atoms with Crippen molar-refractivity contribution in [3.63, 3.8) is 0 Å². The second-order valence-corrected chi connectivity index (χ2v) is 6.66. The maximum Gasteiger partial charge on any atom is 0.0628 e. The lowest BCUT2D eigenvalue weighted by Gasteiger charge is -2.13. The molecule has 0 N–H and O–H groups in total. The van der Waals surface area contributed by atoms with Gasteiger partial charge in [0.25, 0.3) is 0 Å². The van der Waals surface area contributed by atoms with Gasteiger partial charge in [-0.3, -0.25) is 4.68 Å². The van der Waals surface area contributed by atoms with Crippen LogP contribution in [0.1, 0.15) is 31.1 Å². The molecule has 0 aliphatic rings. The summed E-state index contributed by atoms with van der Waals surface area (Å²) >= 11 is 9.58. The molecule has 0 aliphatic carbocycles. The smallest absolute Gasteiger partial charge is 0.0628 e. The molecule has 0 bridgehead atoms. The zero-order chi connectivity index (χ0) is 14.5. The summed E-state index contributed by atoms with van der Waals surface area (Å²) in [4.78, 5) is 0. The van der Waals surface area contributed by atoms with Crippen LogP contribution < -0.4 is 0 Å². The van der Waals surface area contributed by atoms with Gasteiger partial charge in [0.2, 0.25) is 0 Å². The fourth-order valence-corrected chi connectivity index (χ4v) is 2.69. The normalized spacial score (nSPS) is 12.8. The maximum atomic E-state index is 6.12. The van der Waals surface area contributed by atoms with Crippen molar-refractivity contribution in [3.8, 4) is 0 Å². The van der Waals surface area contributed by atoms with E-state index >= 15 is 0 Å². The Kier molecular flexibility index (Phi) is 5.67. The van der Waals surface area contributed by atoms with E-state index in [0.717, 1.165) is 23.0 Å². The first-order valence-electron chi connectivity index (χ1n) is 6.93. The van der Waals surface area contributed by atoms with Crippen LogP contribution in [-0.4, -0.2) is 15.7 Å². The number of rotatable bonds is 6. The summed E-state index contributed by atoms with van der Waals surface area (Å²) < 4.78 is 3.11. The molecule has 108 valence electrons. The van der Waals surface area contributed by atoms with Crippen molar-refractivity contribution in [2.24, 2.45) is 5.92 Å². The van der Waals surface area contributed by atoms with E-state index in [1.807, 2.05) is 10.9 Å². The van der Waals surface area contributed by atoms with Gasteiger partial charge in [-0.15, -0.1) is 11.6 Å². The number of benzene rings is 1. The molecule has 1 atom stereocenters. The molecule has 1 aromatic carbocycles. The molecule has 2 aromatic rings. The second kappa shape index (κ2) is 7.28. The molecule has 2 rings (SSSR count). The van der Waals surface area contributed by atoms with Crippen LogP contribution in [0, 0.1) is 5.92 Å². The first-order chi connectivity index (χ1) is 9.58. The Balaban J connectivity index is 1.99. The average molecular weight is 356 g/mol. The van der Waals surface area contributed by atoms with Crippen LogP contribution in [0.3, 0.4) is 0 Å². The van der Waals surface area contributed by atoms with Crippen LogP contribution in [0.4, 0.5) is 0 Å². The molecule has 20 heavy (non-hydrogen) atoms. The van der Waals surface area contributed by atoms with Gasteiger partial charge in [-0.2, -0.15) is 5.10 Å². The van der Waals surface area contributed by atoms with Gasteiger partial charge < -0.3 is 0 Å². The minimum atomic E-state index is 0.407. The quantitative estimate of drug-likeness (QED) is 0.676. The van der Waals surface area contributed by atoms with Gasteiger partial charge in [0.1, 0.15) is 0 Å². The molecule has 0 saturated carbocycles. The summed E-state index contributed by atoms with van der Waals surface area (Å²) in [7, 11) is 0. The fourth-order valence-electron chi connectivity index (χ4n) is 2.20. The summed E-state index contributed by atoms with van der Waals surface area (Å²) in [5, 5.41) is 4.60. The number of halogens is 2. The lowest BCUT2D eigenvalue weighted by Crippen LogP contribution is -2.11. The predicted octanol–water partition coefficient (Wildman–Crippen LogP) is 4.87. The highest BCUT2D eigenvalue weighted by Crippen LogP contribution is 2.18. The molecular formula is C16H20BrClN2. The van der Waals surface area contributed by atoms with Crippen LogP contribution in [0.15, 0.2) is 41.0 Å². The topological polar surface area (TPSA) is 17.8 Å². The number of alkyl halides is 1. The summed E-state index contributed by atoms with van der Waals surface area (Å²) in [6.45, 7) is 4.27. The molecule has 0 saturated heterocycles. The zero-order valence-electron chi connectivity index (χ0n) is 11.9. The van der Waals surface area contributed by atoms with E-state index in [4.69, 9.17) is 11.6 Å². The van der Waals surface area contributed by atoms with Crippen molar-refractivity contribution in [1.29, 1.82) is 0 Å². The van der Waals surface area contributed by atoms with Crippen LogP contribution >= 0.6 is 27.5 Å². The highest BCUT2D eigenvalue weighted by molar-refractivity contribution is 9.10. The maximum absolute atomic E-state index is 6.12. The van der Waals surface area contributed by atoms with Crippen LogP contribution in [0.5, 0.6) is 0 Å². The third kappa shape index (κ3) is 4.35. The van der Waals surface area contributed by atoms with Crippen molar-refractivity contribution in [2.75, 3.05) is 5.88 Å². The van der Waals surface area contributed by atoms with Crippen molar-refractivity contribution in [2.45, 2.75) is 32.7 Å². The Morgan fingerprint density at radius 3 is 2.40 bits per heavy atom. The van der Waals surface area contributed by atoms with Crippen molar-refractivity contribution >= 4 is 27.5 Å².